The van der Waals surface area contributed by atoms with Gasteiger partial charge in [0.05, 0.1) is 0 Å². The van der Waals surface area contributed by atoms with Gasteiger partial charge in [-0.05, 0) is 37.7 Å². The Morgan fingerprint density at radius 3 is 2.60 bits per heavy atom. The highest BCUT2D eigenvalue weighted by Gasteiger charge is 2.06. The first-order chi connectivity index (χ1) is 9.69. The molecule has 0 aliphatic heterocycles. The van der Waals surface area contributed by atoms with Crippen LogP contribution in [0, 0.1) is 5.82 Å². The van der Waals surface area contributed by atoms with Gasteiger partial charge in [-0.15, -0.1) is 0 Å². The van der Waals surface area contributed by atoms with Crippen molar-refractivity contribution >= 4 is 5.82 Å². The first kappa shape index (κ1) is 14.5. The zero-order valence-electron chi connectivity index (χ0n) is 11.9. The summed E-state index contributed by atoms with van der Waals surface area (Å²) in [6, 6.07) is 10.7. The van der Waals surface area contributed by atoms with Gasteiger partial charge in [-0.25, -0.2) is 9.37 Å². The second-order valence-electron chi connectivity index (χ2n) is 4.84. The number of aromatic nitrogens is 1. The molecular formula is C16H20FN3. The Bertz CT molecular complexity index is 540. The van der Waals surface area contributed by atoms with Crippen molar-refractivity contribution in [2.45, 2.75) is 20.0 Å². The Hall–Kier alpha value is -1.94. The summed E-state index contributed by atoms with van der Waals surface area (Å²) in [6.07, 6.45) is 1.79. The fourth-order valence-corrected chi connectivity index (χ4v) is 2.14. The Kier molecular flexibility index (Phi) is 5.07. The molecule has 2 rings (SSSR count). The highest BCUT2D eigenvalue weighted by Crippen LogP contribution is 2.15. The summed E-state index contributed by atoms with van der Waals surface area (Å²) in [5.74, 6) is 0.735. The standard InChI is InChI=1S/C16H20FN3/c1-3-18-16-14(5-4-10-19-16)12-20(2)11-13-6-8-15(17)9-7-13/h4-10H,3,11-12H2,1-2H3,(H,18,19). The van der Waals surface area contributed by atoms with E-state index < -0.39 is 0 Å². The Morgan fingerprint density at radius 2 is 1.90 bits per heavy atom. The fourth-order valence-electron chi connectivity index (χ4n) is 2.14. The van der Waals surface area contributed by atoms with E-state index >= 15 is 0 Å². The van der Waals surface area contributed by atoms with Gasteiger partial charge in [-0.1, -0.05) is 18.2 Å². The fraction of sp³-hybridized carbons (Fsp3) is 0.312. The van der Waals surface area contributed by atoms with Crippen LogP contribution in [-0.2, 0) is 13.1 Å². The smallest absolute Gasteiger partial charge is 0.130 e. The van der Waals surface area contributed by atoms with Crippen molar-refractivity contribution in [1.29, 1.82) is 0 Å². The van der Waals surface area contributed by atoms with E-state index in [1.54, 1.807) is 6.20 Å². The number of benzene rings is 1. The van der Waals surface area contributed by atoms with Crippen molar-refractivity contribution in [3.8, 4) is 0 Å². The first-order valence-electron chi connectivity index (χ1n) is 6.79. The van der Waals surface area contributed by atoms with Gasteiger partial charge in [-0.3, -0.25) is 4.90 Å². The van der Waals surface area contributed by atoms with Crippen molar-refractivity contribution in [1.82, 2.24) is 9.88 Å². The maximum atomic E-state index is 12.9. The Labute approximate surface area is 119 Å². The second kappa shape index (κ2) is 7.01. The molecule has 0 bridgehead atoms. The van der Waals surface area contributed by atoms with E-state index in [1.807, 2.05) is 25.2 Å². The topological polar surface area (TPSA) is 28.2 Å². The van der Waals surface area contributed by atoms with Gasteiger partial charge in [-0.2, -0.15) is 0 Å². The van der Waals surface area contributed by atoms with Crippen molar-refractivity contribution < 1.29 is 4.39 Å². The molecule has 0 aliphatic carbocycles. The van der Waals surface area contributed by atoms with Gasteiger partial charge < -0.3 is 5.32 Å². The predicted octanol–water partition coefficient (Wildman–Crippen LogP) is 3.28. The summed E-state index contributed by atoms with van der Waals surface area (Å²) in [5, 5.41) is 3.27. The zero-order chi connectivity index (χ0) is 14.4. The molecule has 1 aromatic carbocycles. The first-order valence-corrected chi connectivity index (χ1v) is 6.79. The van der Waals surface area contributed by atoms with Crippen LogP contribution in [0.4, 0.5) is 10.2 Å². The third-order valence-electron chi connectivity index (χ3n) is 3.04. The molecule has 0 aliphatic rings. The molecule has 2 aromatic rings. The molecule has 0 unspecified atom stereocenters. The molecular weight excluding hydrogens is 253 g/mol. The molecule has 3 nitrogen and oxygen atoms in total. The summed E-state index contributed by atoms with van der Waals surface area (Å²) in [6.45, 7) is 4.49. The molecule has 0 saturated heterocycles. The van der Waals surface area contributed by atoms with E-state index in [1.165, 1.54) is 17.7 Å². The van der Waals surface area contributed by atoms with Crippen LogP contribution >= 0.6 is 0 Å². The molecule has 1 aromatic heterocycles. The molecule has 0 amide bonds. The summed E-state index contributed by atoms with van der Waals surface area (Å²) in [7, 11) is 2.05. The van der Waals surface area contributed by atoms with Gasteiger partial charge in [0.1, 0.15) is 11.6 Å². The van der Waals surface area contributed by atoms with Crippen LogP contribution in [-0.4, -0.2) is 23.5 Å². The van der Waals surface area contributed by atoms with Crippen molar-refractivity contribution in [2.24, 2.45) is 0 Å². The summed E-state index contributed by atoms with van der Waals surface area (Å²) in [4.78, 5) is 6.54. The predicted molar refractivity (Wildman–Crippen MR) is 80.0 cm³/mol. The van der Waals surface area contributed by atoms with E-state index in [0.717, 1.165) is 31.0 Å². The number of nitrogens with zero attached hydrogens (tertiary/aromatic N) is 2. The van der Waals surface area contributed by atoms with E-state index in [-0.39, 0.29) is 5.82 Å². The SMILES string of the molecule is CCNc1ncccc1CN(C)Cc1ccc(F)cc1. The minimum atomic E-state index is -0.196. The lowest BCUT2D eigenvalue weighted by molar-refractivity contribution is 0.319. The van der Waals surface area contributed by atoms with Crippen LogP contribution in [0.5, 0.6) is 0 Å². The van der Waals surface area contributed by atoms with E-state index in [4.69, 9.17) is 0 Å². The Morgan fingerprint density at radius 1 is 1.15 bits per heavy atom. The van der Waals surface area contributed by atoms with Crippen LogP contribution in [0.2, 0.25) is 0 Å². The maximum Gasteiger partial charge on any atom is 0.130 e. The molecule has 1 heterocycles. The van der Waals surface area contributed by atoms with Gasteiger partial charge >= 0.3 is 0 Å². The van der Waals surface area contributed by atoms with Crippen molar-refractivity contribution in [3.63, 3.8) is 0 Å². The summed E-state index contributed by atoms with van der Waals surface area (Å²) < 4.78 is 12.9. The van der Waals surface area contributed by atoms with E-state index in [9.17, 15) is 4.39 Å². The van der Waals surface area contributed by atoms with Crippen LogP contribution < -0.4 is 5.32 Å². The lowest BCUT2D eigenvalue weighted by Crippen LogP contribution is -2.18. The molecule has 106 valence electrons. The van der Waals surface area contributed by atoms with Crippen LogP contribution in [0.1, 0.15) is 18.1 Å². The van der Waals surface area contributed by atoms with Crippen LogP contribution in [0.3, 0.4) is 0 Å². The molecule has 0 saturated carbocycles. The monoisotopic (exact) mass is 273 g/mol. The average Bonchev–Trinajstić information content (AvgIpc) is 2.44. The van der Waals surface area contributed by atoms with E-state index in [2.05, 4.69) is 28.2 Å². The number of hydrogen-bond acceptors (Lipinski definition) is 3. The number of halogens is 1. The third kappa shape index (κ3) is 4.03. The number of pyridine rings is 1. The minimum Gasteiger partial charge on any atom is -0.370 e. The quantitative estimate of drug-likeness (QED) is 0.875. The van der Waals surface area contributed by atoms with Crippen LogP contribution in [0.15, 0.2) is 42.6 Å². The number of anilines is 1. The second-order valence-corrected chi connectivity index (χ2v) is 4.84. The van der Waals surface area contributed by atoms with Crippen molar-refractivity contribution in [2.75, 3.05) is 18.9 Å². The molecule has 4 heteroatoms. The van der Waals surface area contributed by atoms with Gasteiger partial charge in [0.2, 0.25) is 0 Å². The molecule has 20 heavy (non-hydrogen) atoms. The molecule has 0 radical (unpaired) electrons. The van der Waals surface area contributed by atoms with Gasteiger partial charge in [0.15, 0.2) is 0 Å². The van der Waals surface area contributed by atoms with Gasteiger partial charge in [0.25, 0.3) is 0 Å². The highest BCUT2D eigenvalue weighted by molar-refractivity contribution is 5.43. The lowest BCUT2D eigenvalue weighted by Gasteiger charge is -2.18. The van der Waals surface area contributed by atoms with Gasteiger partial charge in [0, 0.05) is 31.4 Å². The van der Waals surface area contributed by atoms with Crippen molar-refractivity contribution in [3.05, 3.63) is 59.5 Å². The molecule has 0 atom stereocenters. The normalized spacial score (nSPS) is 10.8. The molecule has 0 spiro atoms. The maximum absolute atomic E-state index is 12.9. The molecule has 0 fully saturated rings. The number of rotatable bonds is 6. The van der Waals surface area contributed by atoms with E-state index in [0.29, 0.717) is 0 Å². The molecule has 1 N–H and O–H groups in total. The summed E-state index contributed by atoms with van der Waals surface area (Å²) in [5.41, 5.74) is 2.27. The lowest BCUT2D eigenvalue weighted by atomic mass is 10.2. The number of hydrogen-bond donors (Lipinski definition) is 1. The zero-order valence-corrected chi connectivity index (χ0v) is 11.9. The Balaban J connectivity index is 2.00. The summed E-state index contributed by atoms with van der Waals surface area (Å²) >= 11 is 0. The minimum absolute atomic E-state index is 0.196. The number of nitrogens with one attached hydrogen (secondary N) is 1. The average molecular weight is 273 g/mol. The third-order valence-corrected chi connectivity index (χ3v) is 3.04. The van der Waals surface area contributed by atoms with Crippen LogP contribution in [0.25, 0.3) is 0 Å². The highest BCUT2D eigenvalue weighted by atomic mass is 19.1. The largest absolute Gasteiger partial charge is 0.370 e.